The molecule has 1 amide bonds. The van der Waals surface area contributed by atoms with Gasteiger partial charge in [0.1, 0.15) is 12.4 Å². The summed E-state index contributed by atoms with van der Waals surface area (Å²) < 4.78 is 51.2. The summed E-state index contributed by atoms with van der Waals surface area (Å²) in [5, 5.41) is 9.48. The lowest BCUT2D eigenvalue weighted by Gasteiger charge is -2.23. The number of carbonyl (C=O) groups excluding carboxylic acids is 1. The second-order valence-corrected chi connectivity index (χ2v) is 7.36. The fraction of sp³-hybridized carbons (Fsp3) is 0.273. The van der Waals surface area contributed by atoms with Crippen LogP contribution in [0.5, 0.6) is 11.5 Å². The molecule has 1 aliphatic rings. The van der Waals surface area contributed by atoms with Gasteiger partial charge in [-0.25, -0.2) is 0 Å². The number of aryl methyl sites for hydroxylation is 1. The molecule has 0 saturated heterocycles. The Hall–Kier alpha value is -3.49. The van der Waals surface area contributed by atoms with Gasteiger partial charge >= 0.3 is 6.18 Å². The number of nitrogens with one attached hydrogen (secondary N) is 2. The van der Waals surface area contributed by atoms with E-state index >= 15 is 0 Å². The van der Waals surface area contributed by atoms with Crippen LogP contribution < -0.4 is 14.8 Å². The number of ether oxygens (including phenoxy) is 2. The number of anilines is 1. The van der Waals surface area contributed by atoms with Crippen LogP contribution in [0.2, 0.25) is 0 Å². The molecule has 9 heteroatoms. The number of nitrogens with zero attached hydrogens (tertiary/aromatic N) is 1. The Morgan fingerprint density at radius 2 is 1.97 bits per heavy atom. The number of benzene rings is 2. The number of methoxy groups -OCH3 is 1. The minimum atomic E-state index is -4.47. The maximum absolute atomic E-state index is 13.4. The van der Waals surface area contributed by atoms with Crippen LogP contribution in [0.1, 0.15) is 40.2 Å². The Labute approximate surface area is 176 Å². The van der Waals surface area contributed by atoms with E-state index in [2.05, 4.69) is 15.5 Å². The summed E-state index contributed by atoms with van der Waals surface area (Å²) in [5.74, 6) is 0.876. The van der Waals surface area contributed by atoms with Crippen LogP contribution in [0.15, 0.2) is 42.6 Å². The molecule has 1 aliphatic heterocycles. The van der Waals surface area contributed by atoms with Crippen LogP contribution in [-0.4, -0.2) is 23.2 Å². The number of amides is 1. The third-order valence-corrected chi connectivity index (χ3v) is 5.24. The largest absolute Gasteiger partial charge is 0.493 e. The van der Waals surface area contributed by atoms with Gasteiger partial charge in [-0.1, -0.05) is 23.8 Å². The maximum Gasteiger partial charge on any atom is 0.416 e. The summed E-state index contributed by atoms with van der Waals surface area (Å²) in [5.41, 5.74) is 1.51. The van der Waals surface area contributed by atoms with Gasteiger partial charge in [0.2, 0.25) is 5.91 Å². The SMILES string of the molecule is COc1cc(C2CC(=O)Nc3[nH]ncc32)ccc1OCc1ccc(C)cc1C(F)(F)F. The molecule has 1 unspecified atom stereocenters. The highest BCUT2D eigenvalue weighted by atomic mass is 19.4. The minimum Gasteiger partial charge on any atom is -0.493 e. The lowest BCUT2D eigenvalue weighted by Crippen LogP contribution is -2.23. The van der Waals surface area contributed by atoms with Crippen molar-refractivity contribution in [3.05, 3.63) is 70.4 Å². The molecule has 31 heavy (non-hydrogen) atoms. The smallest absolute Gasteiger partial charge is 0.416 e. The highest BCUT2D eigenvalue weighted by Gasteiger charge is 2.33. The molecule has 2 heterocycles. The third-order valence-electron chi connectivity index (χ3n) is 5.24. The normalized spacial score (nSPS) is 15.9. The Morgan fingerprint density at radius 1 is 1.16 bits per heavy atom. The Balaban J connectivity index is 1.59. The first-order chi connectivity index (χ1) is 14.8. The summed E-state index contributed by atoms with van der Waals surface area (Å²) in [4.78, 5) is 12.0. The van der Waals surface area contributed by atoms with E-state index in [0.29, 0.717) is 22.9 Å². The molecule has 6 nitrogen and oxygen atoms in total. The van der Waals surface area contributed by atoms with E-state index in [0.717, 1.165) is 17.2 Å². The zero-order chi connectivity index (χ0) is 22.2. The Bertz CT molecular complexity index is 1120. The molecule has 0 aliphatic carbocycles. The molecular formula is C22H20F3N3O3. The van der Waals surface area contributed by atoms with Gasteiger partial charge in [-0.05, 0) is 30.7 Å². The maximum atomic E-state index is 13.4. The number of hydrogen-bond donors (Lipinski definition) is 2. The highest BCUT2D eigenvalue weighted by molar-refractivity contribution is 5.94. The Morgan fingerprint density at radius 3 is 2.71 bits per heavy atom. The van der Waals surface area contributed by atoms with Crippen LogP contribution in [0.4, 0.5) is 19.0 Å². The van der Waals surface area contributed by atoms with E-state index in [1.54, 1.807) is 37.4 Å². The van der Waals surface area contributed by atoms with E-state index in [9.17, 15) is 18.0 Å². The quantitative estimate of drug-likeness (QED) is 0.609. The van der Waals surface area contributed by atoms with Gasteiger partial charge < -0.3 is 14.8 Å². The van der Waals surface area contributed by atoms with Gasteiger partial charge in [0.25, 0.3) is 0 Å². The third kappa shape index (κ3) is 4.21. The molecule has 162 valence electrons. The second-order valence-electron chi connectivity index (χ2n) is 7.36. The summed E-state index contributed by atoms with van der Waals surface area (Å²) in [6, 6.07) is 9.29. The zero-order valence-electron chi connectivity index (χ0n) is 16.8. The van der Waals surface area contributed by atoms with Gasteiger partial charge in [-0.15, -0.1) is 0 Å². The molecule has 2 aromatic carbocycles. The lowest BCUT2D eigenvalue weighted by atomic mass is 9.87. The number of carbonyl (C=O) groups is 1. The van der Waals surface area contributed by atoms with Crippen LogP contribution in [0.3, 0.4) is 0 Å². The van der Waals surface area contributed by atoms with E-state index < -0.39 is 11.7 Å². The van der Waals surface area contributed by atoms with E-state index in [1.165, 1.54) is 13.2 Å². The molecule has 1 atom stereocenters. The van der Waals surface area contributed by atoms with Crippen molar-refractivity contribution in [2.45, 2.75) is 32.0 Å². The van der Waals surface area contributed by atoms with E-state index in [4.69, 9.17) is 9.47 Å². The zero-order valence-corrected chi connectivity index (χ0v) is 16.8. The molecule has 2 N–H and O–H groups in total. The molecule has 1 aromatic heterocycles. The second kappa shape index (κ2) is 7.98. The van der Waals surface area contributed by atoms with Gasteiger partial charge in [0.15, 0.2) is 11.5 Å². The van der Waals surface area contributed by atoms with Gasteiger partial charge in [-0.3, -0.25) is 9.89 Å². The van der Waals surface area contributed by atoms with Crippen LogP contribution in [0, 0.1) is 6.92 Å². The number of halogens is 3. The topological polar surface area (TPSA) is 76.2 Å². The van der Waals surface area contributed by atoms with Crippen molar-refractivity contribution >= 4 is 11.7 Å². The first kappa shape index (κ1) is 20.8. The van der Waals surface area contributed by atoms with Gasteiger partial charge in [-0.2, -0.15) is 18.3 Å². The summed E-state index contributed by atoms with van der Waals surface area (Å²) in [6.45, 7) is 1.35. The first-order valence-corrected chi connectivity index (χ1v) is 9.57. The first-order valence-electron chi connectivity index (χ1n) is 9.57. The fourth-order valence-corrected chi connectivity index (χ4v) is 3.70. The van der Waals surface area contributed by atoms with Crippen molar-refractivity contribution in [1.29, 1.82) is 0 Å². The van der Waals surface area contributed by atoms with Crippen molar-refractivity contribution in [3.8, 4) is 11.5 Å². The average Bonchev–Trinajstić information content (AvgIpc) is 3.19. The molecular weight excluding hydrogens is 411 g/mol. The molecule has 0 radical (unpaired) electrons. The van der Waals surface area contributed by atoms with Crippen molar-refractivity contribution in [2.75, 3.05) is 12.4 Å². The predicted molar refractivity (Wildman–Crippen MR) is 107 cm³/mol. The Kier molecular flexibility index (Phi) is 5.34. The predicted octanol–water partition coefficient (Wildman–Crippen LogP) is 4.80. The van der Waals surface area contributed by atoms with Crippen molar-refractivity contribution in [2.24, 2.45) is 0 Å². The molecule has 0 fully saturated rings. The van der Waals surface area contributed by atoms with Crippen LogP contribution in [0.25, 0.3) is 0 Å². The van der Waals surface area contributed by atoms with Crippen molar-refractivity contribution in [1.82, 2.24) is 10.2 Å². The number of fused-ring (bicyclic) bond motifs is 1. The van der Waals surface area contributed by atoms with Crippen molar-refractivity contribution < 1.29 is 27.4 Å². The number of aromatic amines is 1. The number of aromatic nitrogens is 2. The number of hydrogen-bond acceptors (Lipinski definition) is 4. The molecule has 0 spiro atoms. The molecule has 4 rings (SSSR count). The summed E-state index contributed by atoms with van der Waals surface area (Å²) in [6.07, 6.45) is -2.57. The van der Waals surface area contributed by atoms with Crippen molar-refractivity contribution in [3.63, 3.8) is 0 Å². The molecule has 0 saturated carbocycles. The van der Waals surface area contributed by atoms with Crippen LogP contribution in [-0.2, 0) is 17.6 Å². The van der Waals surface area contributed by atoms with E-state index in [1.807, 2.05) is 0 Å². The van der Waals surface area contributed by atoms with E-state index in [-0.39, 0.29) is 30.4 Å². The summed E-state index contributed by atoms with van der Waals surface area (Å²) >= 11 is 0. The summed E-state index contributed by atoms with van der Waals surface area (Å²) in [7, 11) is 1.45. The van der Waals surface area contributed by atoms with Crippen LogP contribution >= 0.6 is 0 Å². The van der Waals surface area contributed by atoms with Gasteiger partial charge in [0.05, 0.1) is 18.9 Å². The number of alkyl halides is 3. The fourth-order valence-electron chi connectivity index (χ4n) is 3.70. The standard InChI is InChI=1S/C22H20F3N3O3/c1-12-3-4-14(17(7-12)22(23,24)25)11-31-18-6-5-13(8-19(18)30-2)15-9-20(29)27-21-16(15)10-26-28-21/h3-8,10,15H,9,11H2,1-2H3,(H2,26,27,28,29). The monoisotopic (exact) mass is 431 g/mol. The molecule has 0 bridgehead atoms. The van der Waals surface area contributed by atoms with Gasteiger partial charge in [0, 0.05) is 23.5 Å². The number of rotatable bonds is 5. The lowest BCUT2D eigenvalue weighted by molar-refractivity contribution is -0.138. The number of H-pyrrole nitrogens is 1. The minimum absolute atomic E-state index is 0.0382. The molecule has 3 aromatic rings. The highest BCUT2D eigenvalue weighted by Crippen LogP contribution is 2.40. The average molecular weight is 431 g/mol.